The molecular formula is C12H16FNO2S. The standard InChI is InChI=1S/C12H16FNO2S/c1-8-2-4-10(16-8)7-17(15)12-5-3-9(13)6-11(12)14/h3,5-6,8,10H,2,4,7,14H2,1H3. The lowest BCUT2D eigenvalue weighted by molar-refractivity contribution is 0.0695. The quantitative estimate of drug-likeness (QED) is 0.843. The summed E-state index contributed by atoms with van der Waals surface area (Å²) in [5.74, 6) is 0.0224. The van der Waals surface area contributed by atoms with Crippen LogP contribution < -0.4 is 5.73 Å². The lowest BCUT2D eigenvalue weighted by Gasteiger charge is -2.11. The first kappa shape index (κ1) is 12.5. The van der Waals surface area contributed by atoms with E-state index in [1.54, 1.807) is 0 Å². The van der Waals surface area contributed by atoms with E-state index in [2.05, 4.69) is 0 Å². The molecule has 0 aromatic heterocycles. The average Bonchev–Trinajstić information content (AvgIpc) is 2.63. The molecule has 94 valence electrons. The van der Waals surface area contributed by atoms with Gasteiger partial charge in [0.1, 0.15) is 5.82 Å². The highest BCUT2D eigenvalue weighted by Gasteiger charge is 2.24. The molecule has 3 atom stereocenters. The second-order valence-corrected chi connectivity index (χ2v) is 5.80. The van der Waals surface area contributed by atoms with Crippen molar-refractivity contribution in [2.75, 3.05) is 11.5 Å². The Balaban J connectivity index is 2.04. The van der Waals surface area contributed by atoms with Gasteiger partial charge in [-0.15, -0.1) is 0 Å². The summed E-state index contributed by atoms with van der Waals surface area (Å²) < 4.78 is 30.5. The van der Waals surface area contributed by atoms with Gasteiger partial charge >= 0.3 is 0 Å². The maximum Gasteiger partial charge on any atom is 0.125 e. The van der Waals surface area contributed by atoms with Crippen LogP contribution in [0.3, 0.4) is 0 Å². The summed E-state index contributed by atoms with van der Waals surface area (Å²) in [6.45, 7) is 2.01. The van der Waals surface area contributed by atoms with Crippen LogP contribution in [-0.4, -0.2) is 22.2 Å². The third kappa shape index (κ3) is 3.04. The van der Waals surface area contributed by atoms with Gasteiger partial charge in [-0.2, -0.15) is 0 Å². The van der Waals surface area contributed by atoms with E-state index in [0.29, 0.717) is 10.6 Å². The Bertz CT molecular complexity index is 439. The molecule has 1 heterocycles. The van der Waals surface area contributed by atoms with Crippen LogP contribution in [0.15, 0.2) is 23.1 Å². The van der Waals surface area contributed by atoms with Crippen LogP contribution in [0.25, 0.3) is 0 Å². The topological polar surface area (TPSA) is 52.3 Å². The van der Waals surface area contributed by atoms with Crippen molar-refractivity contribution in [1.82, 2.24) is 0 Å². The number of nitrogen functional groups attached to an aromatic ring is 1. The Labute approximate surface area is 103 Å². The Morgan fingerprint density at radius 1 is 1.53 bits per heavy atom. The molecule has 0 saturated carbocycles. The maximum absolute atomic E-state index is 12.9. The van der Waals surface area contributed by atoms with Gasteiger partial charge in [-0.25, -0.2) is 4.39 Å². The summed E-state index contributed by atoms with van der Waals surface area (Å²) in [4.78, 5) is 0.495. The molecule has 17 heavy (non-hydrogen) atoms. The van der Waals surface area contributed by atoms with Gasteiger partial charge < -0.3 is 10.5 Å². The van der Waals surface area contributed by atoms with Crippen molar-refractivity contribution in [3.05, 3.63) is 24.0 Å². The fourth-order valence-electron chi connectivity index (χ4n) is 1.99. The lowest BCUT2D eigenvalue weighted by Crippen LogP contribution is -2.17. The van der Waals surface area contributed by atoms with E-state index in [4.69, 9.17) is 10.5 Å². The molecule has 2 N–H and O–H groups in total. The molecule has 1 fully saturated rings. The zero-order valence-corrected chi connectivity index (χ0v) is 10.5. The normalized spacial score (nSPS) is 26.0. The van der Waals surface area contributed by atoms with E-state index in [0.717, 1.165) is 12.8 Å². The number of nitrogens with two attached hydrogens (primary N) is 1. The lowest BCUT2D eigenvalue weighted by atomic mass is 10.2. The monoisotopic (exact) mass is 257 g/mol. The summed E-state index contributed by atoms with van der Waals surface area (Å²) >= 11 is 0. The van der Waals surface area contributed by atoms with Crippen molar-refractivity contribution < 1.29 is 13.3 Å². The molecule has 2 rings (SSSR count). The fourth-order valence-corrected chi connectivity index (χ4v) is 3.30. The zero-order valence-electron chi connectivity index (χ0n) is 9.69. The summed E-state index contributed by atoms with van der Waals surface area (Å²) in [5, 5.41) is 0. The van der Waals surface area contributed by atoms with Crippen molar-refractivity contribution in [1.29, 1.82) is 0 Å². The van der Waals surface area contributed by atoms with Gasteiger partial charge in [-0.3, -0.25) is 4.21 Å². The van der Waals surface area contributed by atoms with Gasteiger partial charge in [-0.05, 0) is 38.0 Å². The van der Waals surface area contributed by atoms with Crippen LogP contribution in [-0.2, 0) is 15.5 Å². The molecule has 1 aromatic rings. The van der Waals surface area contributed by atoms with Crippen LogP contribution in [0.2, 0.25) is 0 Å². The average molecular weight is 257 g/mol. The SMILES string of the molecule is CC1CCC(CS(=O)c2ccc(F)cc2N)O1. The molecule has 0 bridgehead atoms. The molecule has 1 aromatic carbocycles. The van der Waals surface area contributed by atoms with Gasteiger partial charge in [0, 0.05) is 0 Å². The number of benzene rings is 1. The summed E-state index contributed by atoms with van der Waals surface area (Å²) in [7, 11) is -1.22. The third-order valence-electron chi connectivity index (χ3n) is 2.87. The minimum atomic E-state index is -1.22. The predicted octanol–water partition coefficient (Wildman–Crippen LogP) is 2.08. The van der Waals surface area contributed by atoms with Crippen LogP contribution in [0.1, 0.15) is 19.8 Å². The first-order chi connectivity index (χ1) is 8.06. The van der Waals surface area contributed by atoms with E-state index in [1.165, 1.54) is 18.2 Å². The number of hydrogen-bond acceptors (Lipinski definition) is 3. The van der Waals surface area contributed by atoms with Crippen molar-refractivity contribution in [2.24, 2.45) is 0 Å². The molecule has 1 aliphatic rings. The van der Waals surface area contributed by atoms with Crippen molar-refractivity contribution in [3.8, 4) is 0 Å². The smallest absolute Gasteiger partial charge is 0.125 e. The second-order valence-electron chi connectivity index (χ2n) is 4.34. The molecule has 0 amide bonds. The molecular weight excluding hydrogens is 241 g/mol. The maximum atomic E-state index is 12.9. The first-order valence-electron chi connectivity index (χ1n) is 5.65. The molecule has 5 heteroatoms. The summed E-state index contributed by atoms with van der Waals surface area (Å²) in [5.41, 5.74) is 5.89. The highest BCUT2D eigenvalue weighted by atomic mass is 32.2. The van der Waals surface area contributed by atoms with Crippen LogP contribution in [0, 0.1) is 5.82 Å². The van der Waals surface area contributed by atoms with Crippen LogP contribution in [0.5, 0.6) is 0 Å². The van der Waals surface area contributed by atoms with Gasteiger partial charge in [0.2, 0.25) is 0 Å². The molecule has 0 aliphatic carbocycles. The van der Waals surface area contributed by atoms with E-state index in [-0.39, 0.29) is 17.9 Å². The first-order valence-corrected chi connectivity index (χ1v) is 6.97. The fraction of sp³-hybridized carbons (Fsp3) is 0.500. The number of hydrogen-bond donors (Lipinski definition) is 1. The molecule has 1 aliphatic heterocycles. The van der Waals surface area contributed by atoms with Gasteiger partial charge in [0.15, 0.2) is 0 Å². The van der Waals surface area contributed by atoms with Gasteiger partial charge in [0.25, 0.3) is 0 Å². The molecule has 0 spiro atoms. The van der Waals surface area contributed by atoms with Gasteiger partial charge in [-0.1, -0.05) is 0 Å². The number of anilines is 1. The Morgan fingerprint density at radius 3 is 2.88 bits per heavy atom. The molecule has 3 nitrogen and oxygen atoms in total. The minimum Gasteiger partial charge on any atom is -0.398 e. The predicted molar refractivity (Wildman–Crippen MR) is 65.7 cm³/mol. The number of halogens is 1. The molecule has 0 radical (unpaired) electrons. The minimum absolute atomic E-state index is 0.0234. The number of ether oxygens (including phenoxy) is 1. The van der Waals surface area contributed by atoms with Crippen LogP contribution in [0.4, 0.5) is 10.1 Å². The van der Waals surface area contributed by atoms with Crippen molar-refractivity contribution in [2.45, 2.75) is 36.9 Å². The second kappa shape index (κ2) is 5.14. The van der Waals surface area contributed by atoms with E-state index in [1.807, 2.05) is 6.92 Å². The van der Waals surface area contributed by atoms with Gasteiger partial charge in [0.05, 0.1) is 39.3 Å². The molecule has 3 unspecified atom stereocenters. The highest BCUT2D eigenvalue weighted by Crippen LogP contribution is 2.23. The summed E-state index contributed by atoms with van der Waals surface area (Å²) in [6.07, 6.45) is 2.19. The van der Waals surface area contributed by atoms with E-state index < -0.39 is 16.6 Å². The van der Waals surface area contributed by atoms with Crippen molar-refractivity contribution in [3.63, 3.8) is 0 Å². The summed E-state index contributed by atoms with van der Waals surface area (Å²) in [6, 6.07) is 3.96. The highest BCUT2D eigenvalue weighted by molar-refractivity contribution is 7.85. The largest absolute Gasteiger partial charge is 0.398 e. The Hall–Kier alpha value is -0.940. The van der Waals surface area contributed by atoms with Crippen LogP contribution >= 0.6 is 0 Å². The van der Waals surface area contributed by atoms with E-state index >= 15 is 0 Å². The number of rotatable bonds is 3. The van der Waals surface area contributed by atoms with Crippen molar-refractivity contribution >= 4 is 16.5 Å². The van der Waals surface area contributed by atoms with E-state index in [9.17, 15) is 8.60 Å². The third-order valence-corrected chi connectivity index (χ3v) is 4.41. The Kier molecular flexibility index (Phi) is 3.79. The zero-order chi connectivity index (χ0) is 12.4. The Morgan fingerprint density at radius 2 is 2.29 bits per heavy atom. The molecule has 1 saturated heterocycles.